The minimum Gasteiger partial charge on any atom is -0.464 e. The van der Waals surface area contributed by atoms with E-state index >= 15 is 0 Å². The van der Waals surface area contributed by atoms with Crippen molar-refractivity contribution < 1.29 is 14.6 Å². The molecule has 0 aromatic carbocycles. The smallest absolute Gasteiger partial charge is 0.356 e. The topological polar surface area (TPSA) is 59.1 Å². The Morgan fingerprint density at radius 1 is 1.58 bits per heavy atom. The number of nitrogens with zero attached hydrogens (tertiary/aromatic N) is 1. The number of pyridine rings is 1. The van der Waals surface area contributed by atoms with Gasteiger partial charge in [-0.3, -0.25) is 0 Å². The van der Waals surface area contributed by atoms with E-state index in [1.807, 2.05) is 0 Å². The summed E-state index contributed by atoms with van der Waals surface area (Å²) < 4.78 is 4.43. The second-order valence-electron chi connectivity index (χ2n) is 2.15. The number of hydrogen-bond donors (Lipinski definition) is 0. The van der Waals surface area contributed by atoms with Gasteiger partial charge < -0.3 is 4.74 Å². The number of aromatic nitrogens is 1. The molecule has 4 heteroatoms. The molecule has 0 bridgehead atoms. The van der Waals surface area contributed by atoms with Crippen molar-refractivity contribution in [3.8, 4) is 0 Å². The predicted molar refractivity (Wildman–Crippen MR) is 40.0 cm³/mol. The van der Waals surface area contributed by atoms with Crippen LogP contribution in [0.4, 0.5) is 0 Å². The summed E-state index contributed by atoms with van der Waals surface area (Å²) >= 11 is 0. The summed E-state index contributed by atoms with van der Waals surface area (Å²) in [6.07, 6.45) is 0. The predicted octanol–water partition coefficient (Wildman–Crippen LogP) is 0.799. The van der Waals surface area contributed by atoms with Crippen LogP contribution in [0.3, 0.4) is 0 Å². The first-order chi connectivity index (χ1) is 5.77. The number of hydrogen-bond acceptors (Lipinski definition) is 3. The van der Waals surface area contributed by atoms with E-state index in [9.17, 15) is 9.90 Å². The summed E-state index contributed by atoms with van der Waals surface area (Å²) in [5, 5.41) is 10.4. The van der Waals surface area contributed by atoms with E-state index < -0.39 is 12.6 Å². The van der Waals surface area contributed by atoms with Crippen LogP contribution >= 0.6 is 0 Å². The Balaban J connectivity index is 2.93. The SMILES string of the molecule is COC(=O)c1cccc(C[O])n1. The maximum atomic E-state index is 10.9. The molecule has 0 aliphatic carbocycles. The van der Waals surface area contributed by atoms with Crippen molar-refractivity contribution in [1.29, 1.82) is 0 Å². The van der Waals surface area contributed by atoms with Gasteiger partial charge >= 0.3 is 5.97 Å². The second-order valence-corrected chi connectivity index (χ2v) is 2.15. The molecule has 0 saturated carbocycles. The first-order valence-corrected chi connectivity index (χ1v) is 3.40. The van der Waals surface area contributed by atoms with Crippen molar-refractivity contribution in [2.24, 2.45) is 0 Å². The van der Waals surface area contributed by atoms with Gasteiger partial charge in [0.1, 0.15) is 12.3 Å². The number of methoxy groups -OCH3 is 1. The lowest BCUT2D eigenvalue weighted by atomic mass is 10.3. The highest BCUT2D eigenvalue weighted by molar-refractivity contribution is 5.87. The van der Waals surface area contributed by atoms with Gasteiger partial charge in [0.05, 0.1) is 12.8 Å². The molecule has 1 rings (SSSR count). The molecule has 0 aliphatic heterocycles. The highest BCUT2D eigenvalue weighted by atomic mass is 16.5. The van der Waals surface area contributed by atoms with Crippen molar-refractivity contribution >= 4 is 5.97 Å². The average molecular weight is 166 g/mol. The molecule has 1 radical (unpaired) electrons. The lowest BCUT2D eigenvalue weighted by molar-refractivity contribution is 0.0593. The minimum atomic E-state index is -0.523. The number of ether oxygens (including phenoxy) is 1. The molecule has 1 heterocycles. The molecule has 12 heavy (non-hydrogen) atoms. The molecular formula is C8H8NO3. The van der Waals surface area contributed by atoms with Gasteiger partial charge in [0, 0.05) is 0 Å². The van der Waals surface area contributed by atoms with Crippen molar-refractivity contribution in [3.63, 3.8) is 0 Å². The molecule has 0 aliphatic rings. The van der Waals surface area contributed by atoms with Crippen molar-refractivity contribution in [3.05, 3.63) is 29.6 Å². The average Bonchev–Trinajstić information content (AvgIpc) is 2.17. The molecule has 0 fully saturated rings. The Bertz CT molecular complexity index is 285. The Morgan fingerprint density at radius 3 is 2.92 bits per heavy atom. The van der Waals surface area contributed by atoms with E-state index in [0.717, 1.165) is 0 Å². The van der Waals surface area contributed by atoms with Gasteiger partial charge in [-0.2, -0.15) is 0 Å². The molecule has 0 N–H and O–H groups in total. The number of carbonyl (C=O) groups excluding carboxylic acids is 1. The molecule has 0 amide bonds. The van der Waals surface area contributed by atoms with Crippen LogP contribution in [0.2, 0.25) is 0 Å². The van der Waals surface area contributed by atoms with Crippen LogP contribution in [-0.4, -0.2) is 18.1 Å². The van der Waals surface area contributed by atoms with Gasteiger partial charge in [-0.1, -0.05) is 6.07 Å². The van der Waals surface area contributed by atoms with Gasteiger partial charge in [0.15, 0.2) is 0 Å². The summed E-state index contributed by atoms with van der Waals surface area (Å²) in [5.74, 6) is -0.523. The summed E-state index contributed by atoms with van der Waals surface area (Å²) in [4.78, 5) is 14.7. The molecule has 0 saturated heterocycles. The van der Waals surface area contributed by atoms with Crippen molar-refractivity contribution in [2.45, 2.75) is 6.61 Å². The Labute approximate surface area is 69.8 Å². The molecule has 63 valence electrons. The number of carbonyl (C=O) groups is 1. The van der Waals surface area contributed by atoms with Crippen LogP contribution in [0.25, 0.3) is 0 Å². The quantitative estimate of drug-likeness (QED) is 0.610. The van der Waals surface area contributed by atoms with E-state index in [-0.39, 0.29) is 5.69 Å². The van der Waals surface area contributed by atoms with E-state index in [1.54, 1.807) is 12.1 Å². The first kappa shape index (κ1) is 8.67. The maximum Gasteiger partial charge on any atom is 0.356 e. The summed E-state index contributed by atoms with van der Waals surface area (Å²) in [6.45, 7) is -0.426. The third kappa shape index (κ3) is 1.79. The Kier molecular flexibility index (Phi) is 2.76. The van der Waals surface area contributed by atoms with Crippen LogP contribution in [0.15, 0.2) is 18.2 Å². The summed E-state index contributed by atoms with van der Waals surface area (Å²) in [7, 11) is 1.27. The van der Waals surface area contributed by atoms with Gasteiger partial charge in [-0.05, 0) is 12.1 Å². The zero-order chi connectivity index (χ0) is 8.97. The molecule has 1 aromatic rings. The fourth-order valence-electron chi connectivity index (χ4n) is 0.778. The highest BCUT2D eigenvalue weighted by Crippen LogP contribution is 2.00. The van der Waals surface area contributed by atoms with E-state index in [4.69, 9.17) is 0 Å². The standard InChI is InChI=1S/C8H8NO3/c1-12-8(11)7-4-2-3-6(5-10)9-7/h2-4H,5H2,1H3. The minimum absolute atomic E-state index is 0.172. The van der Waals surface area contributed by atoms with Crippen LogP contribution in [-0.2, 0) is 16.5 Å². The number of esters is 1. The second kappa shape index (κ2) is 3.82. The fourth-order valence-corrected chi connectivity index (χ4v) is 0.778. The molecule has 4 nitrogen and oxygen atoms in total. The monoisotopic (exact) mass is 166 g/mol. The lowest BCUT2D eigenvalue weighted by Crippen LogP contribution is -2.05. The van der Waals surface area contributed by atoms with Crippen LogP contribution in [0, 0.1) is 0 Å². The van der Waals surface area contributed by atoms with E-state index in [2.05, 4.69) is 9.72 Å². The Hall–Kier alpha value is -1.42. The molecule has 0 atom stereocenters. The summed E-state index contributed by atoms with van der Waals surface area (Å²) in [6, 6.07) is 4.68. The van der Waals surface area contributed by atoms with Gasteiger partial charge in [-0.15, -0.1) is 0 Å². The zero-order valence-corrected chi connectivity index (χ0v) is 6.61. The molecular weight excluding hydrogens is 158 g/mol. The van der Waals surface area contributed by atoms with Crippen LogP contribution in [0.5, 0.6) is 0 Å². The number of rotatable bonds is 2. The third-order valence-corrected chi connectivity index (χ3v) is 1.35. The van der Waals surface area contributed by atoms with Gasteiger partial charge in [0.25, 0.3) is 0 Å². The van der Waals surface area contributed by atoms with Gasteiger partial charge in [0.2, 0.25) is 0 Å². The molecule has 0 spiro atoms. The largest absolute Gasteiger partial charge is 0.464 e. The van der Waals surface area contributed by atoms with Crippen molar-refractivity contribution in [2.75, 3.05) is 7.11 Å². The van der Waals surface area contributed by atoms with Crippen LogP contribution < -0.4 is 0 Å². The maximum absolute atomic E-state index is 10.9. The normalized spacial score (nSPS) is 9.50. The van der Waals surface area contributed by atoms with Gasteiger partial charge in [-0.25, -0.2) is 14.9 Å². The van der Waals surface area contributed by atoms with Crippen LogP contribution in [0.1, 0.15) is 16.2 Å². The van der Waals surface area contributed by atoms with E-state index in [0.29, 0.717) is 5.69 Å². The first-order valence-electron chi connectivity index (χ1n) is 3.40. The Morgan fingerprint density at radius 2 is 2.33 bits per heavy atom. The summed E-state index contributed by atoms with van der Waals surface area (Å²) in [5.41, 5.74) is 0.517. The zero-order valence-electron chi connectivity index (χ0n) is 6.61. The van der Waals surface area contributed by atoms with E-state index in [1.165, 1.54) is 13.2 Å². The fraction of sp³-hybridized carbons (Fsp3) is 0.250. The lowest BCUT2D eigenvalue weighted by Gasteiger charge is -1.98. The highest BCUT2D eigenvalue weighted by Gasteiger charge is 2.06. The molecule has 1 aromatic heterocycles. The third-order valence-electron chi connectivity index (χ3n) is 1.35. The van der Waals surface area contributed by atoms with Crippen molar-refractivity contribution in [1.82, 2.24) is 4.98 Å². The molecule has 0 unspecified atom stereocenters.